The van der Waals surface area contributed by atoms with E-state index in [1.54, 1.807) is 6.20 Å². The number of aromatic nitrogens is 3. The molecule has 1 aliphatic heterocycles. The molecule has 0 aromatic carbocycles. The van der Waals surface area contributed by atoms with Crippen LogP contribution < -0.4 is 0 Å². The van der Waals surface area contributed by atoms with E-state index in [9.17, 15) is 0 Å². The molecule has 8 heteroatoms. The van der Waals surface area contributed by atoms with Crippen molar-refractivity contribution in [1.29, 1.82) is 0 Å². The molecule has 1 fully saturated rings. The summed E-state index contributed by atoms with van der Waals surface area (Å²) in [7, 11) is 0. The molecule has 2 aromatic rings. The molecule has 0 amide bonds. The summed E-state index contributed by atoms with van der Waals surface area (Å²) >= 11 is 0. The zero-order chi connectivity index (χ0) is 16.1. The standard InChI is InChI=1S/C15H23N5O3/c1-3-21-12(2)15-17-14(23-18-15)11-20-8-6-19(7-9-20)10-13-4-5-16-22-13/h4-5,12H,3,6-11H2,1-2H3/t12-/m0/s1. The number of hydrogen-bond donors (Lipinski definition) is 0. The van der Waals surface area contributed by atoms with Crippen molar-refractivity contribution in [2.75, 3.05) is 32.8 Å². The van der Waals surface area contributed by atoms with Gasteiger partial charge in [0, 0.05) is 38.9 Å². The van der Waals surface area contributed by atoms with Gasteiger partial charge in [0.05, 0.1) is 19.3 Å². The highest BCUT2D eigenvalue weighted by atomic mass is 16.5. The SMILES string of the molecule is CCO[C@@H](C)c1noc(CN2CCN(Cc3ccno3)CC2)n1. The van der Waals surface area contributed by atoms with E-state index in [1.165, 1.54) is 0 Å². The van der Waals surface area contributed by atoms with Gasteiger partial charge in [0.15, 0.2) is 11.6 Å². The molecular formula is C15H23N5O3. The highest BCUT2D eigenvalue weighted by Gasteiger charge is 2.21. The maximum Gasteiger partial charge on any atom is 0.240 e. The molecule has 0 N–H and O–H groups in total. The molecule has 0 bridgehead atoms. The topological polar surface area (TPSA) is 80.7 Å². The normalized spacial score (nSPS) is 18.3. The van der Waals surface area contributed by atoms with Gasteiger partial charge < -0.3 is 13.8 Å². The highest BCUT2D eigenvalue weighted by molar-refractivity contribution is 4.94. The van der Waals surface area contributed by atoms with Gasteiger partial charge in [-0.2, -0.15) is 4.98 Å². The van der Waals surface area contributed by atoms with Crippen molar-refractivity contribution in [3.63, 3.8) is 0 Å². The largest absolute Gasteiger partial charge is 0.371 e. The first-order valence-corrected chi connectivity index (χ1v) is 8.03. The smallest absolute Gasteiger partial charge is 0.240 e. The zero-order valence-electron chi connectivity index (χ0n) is 13.6. The Morgan fingerprint density at radius 1 is 1.17 bits per heavy atom. The van der Waals surface area contributed by atoms with Crippen LogP contribution in [0.1, 0.15) is 37.4 Å². The van der Waals surface area contributed by atoms with Crippen LogP contribution in [0.2, 0.25) is 0 Å². The molecule has 23 heavy (non-hydrogen) atoms. The lowest BCUT2D eigenvalue weighted by Gasteiger charge is -2.33. The fourth-order valence-corrected chi connectivity index (χ4v) is 2.66. The molecule has 0 saturated carbocycles. The molecule has 0 radical (unpaired) electrons. The molecule has 2 aromatic heterocycles. The Morgan fingerprint density at radius 2 is 1.91 bits per heavy atom. The minimum atomic E-state index is -0.128. The average molecular weight is 321 g/mol. The van der Waals surface area contributed by atoms with Crippen LogP contribution >= 0.6 is 0 Å². The second-order valence-electron chi connectivity index (χ2n) is 5.67. The van der Waals surface area contributed by atoms with Gasteiger partial charge in [0.1, 0.15) is 6.10 Å². The number of nitrogens with zero attached hydrogens (tertiary/aromatic N) is 5. The van der Waals surface area contributed by atoms with Gasteiger partial charge in [0.2, 0.25) is 5.89 Å². The van der Waals surface area contributed by atoms with Crippen LogP contribution in [-0.4, -0.2) is 57.9 Å². The van der Waals surface area contributed by atoms with Crippen LogP contribution in [-0.2, 0) is 17.8 Å². The Hall–Kier alpha value is -1.77. The second-order valence-corrected chi connectivity index (χ2v) is 5.67. The van der Waals surface area contributed by atoms with E-state index in [0.717, 1.165) is 38.5 Å². The fraction of sp³-hybridized carbons (Fsp3) is 0.667. The lowest BCUT2D eigenvalue weighted by Crippen LogP contribution is -2.45. The summed E-state index contributed by atoms with van der Waals surface area (Å²) in [4.78, 5) is 9.09. The van der Waals surface area contributed by atoms with Gasteiger partial charge in [-0.25, -0.2) is 0 Å². The molecule has 3 heterocycles. The molecule has 0 spiro atoms. The molecule has 1 aliphatic rings. The quantitative estimate of drug-likeness (QED) is 0.758. The second kappa shape index (κ2) is 7.67. The third kappa shape index (κ3) is 4.37. The van der Waals surface area contributed by atoms with Crippen molar-refractivity contribution in [3.05, 3.63) is 29.7 Å². The predicted octanol–water partition coefficient (Wildman–Crippen LogP) is 1.47. The van der Waals surface area contributed by atoms with Crippen molar-refractivity contribution < 1.29 is 13.8 Å². The lowest BCUT2D eigenvalue weighted by molar-refractivity contribution is 0.0683. The van der Waals surface area contributed by atoms with Crippen molar-refractivity contribution in [2.24, 2.45) is 0 Å². The van der Waals surface area contributed by atoms with Crippen molar-refractivity contribution >= 4 is 0 Å². The van der Waals surface area contributed by atoms with Gasteiger partial charge in [0.25, 0.3) is 0 Å². The van der Waals surface area contributed by atoms with E-state index in [-0.39, 0.29) is 6.10 Å². The molecule has 0 aliphatic carbocycles. The van der Waals surface area contributed by atoms with Gasteiger partial charge in [-0.15, -0.1) is 0 Å². The maximum absolute atomic E-state index is 5.48. The Balaban J connectivity index is 1.45. The Kier molecular flexibility index (Phi) is 5.37. The first kappa shape index (κ1) is 16.1. The van der Waals surface area contributed by atoms with E-state index >= 15 is 0 Å². The molecule has 126 valence electrons. The third-order valence-corrected chi connectivity index (χ3v) is 3.96. The van der Waals surface area contributed by atoms with Gasteiger partial charge in [-0.3, -0.25) is 9.80 Å². The van der Waals surface area contributed by atoms with Crippen LogP contribution in [0.15, 0.2) is 21.3 Å². The summed E-state index contributed by atoms with van der Waals surface area (Å²) in [5.74, 6) is 2.17. The maximum atomic E-state index is 5.48. The van der Waals surface area contributed by atoms with Gasteiger partial charge >= 0.3 is 0 Å². The minimum absolute atomic E-state index is 0.128. The van der Waals surface area contributed by atoms with Crippen molar-refractivity contribution in [2.45, 2.75) is 33.0 Å². The third-order valence-electron chi connectivity index (χ3n) is 3.96. The van der Waals surface area contributed by atoms with Gasteiger partial charge in [-0.05, 0) is 13.8 Å². The summed E-state index contributed by atoms with van der Waals surface area (Å²) in [6, 6.07) is 1.91. The Morgan fingerprint density at radius 3 is 2.57 bits per heavy atom. The number of rotatable bonds is 7. The Bertz CT molecular complexity index is 578. The van der Waals surface area contributed by atoms with Crippen molar-refractivity contribution in [1.82, 2.24) is 25.1 Å². The van der Waals surface area contributed by atoms with E-state index in [1.807, 2.05) is 19.9 Å². The van der Waals surface area contributed by atoms with Crippen LogP contribution in [0, 0.1) is 0 Å². The first-order chi connectivity index (χ1) is 11.2. The lowest BCUT2D eigenvalue weighted by atomic mass is 10.3. The molecule has 0 unspecified atom stereocenters. The van der Waals surface area contributed by atoms with E-state index in [0.29, 0.717) is 24.9 Å². The molecule has 8 nitrogen and oxygen atoms in total. The summed E-state index contributed by atoms with van der Waals surface area (Å²) in [6.45, 7) is 9.91. The van der Waals surface area contributed by atoms with Crippen LogP contribution in [0.25, 0.3) is 0 Å². The van der Waals surface area contributed by atoms with Gasteiger partial charge in [-0.1, -0.05) is 10.3 Å². The van der Waals surface area contributed by atoms with Crippen LogP contribution in [0.4, 0.5) is 0 Å². The predicted molar refractivity (Wildman–Crippen MR) is 81.4 cm³/mol. The summed E-state index contributed by atoms with van der Waals surface area (Å²) in [5.41, 5.74) is 0. The minimum Gasteiger partial charge on any atom is -0.371 e. The number of ether oxygens (including phenoxy) is 1. The highest BCUT2D eigenvalue weighted by Crippen LogP contribution is 2.15. The van der Waals surface area contributed by atoms with Crippen molar-refractivity contribution in [3.8, 4) is 0 Å². The number of piperazine rings is 1. The zero-order valence-corrected chi connectivity index (χ0v) is 13.6. The van der Waals surface area contributed by atoms with E-state index in [4.69, 9.17) is 13.8 Å². The summed E-state index contributed by atoms with van der Waals surface area (Å²) in [5, 5.41) is 7.74. The first-order valence-electron chi connectivity index (χ1n) is 8.03. The molecule has 1 saturated heterocycles. The molecular weight excluding hydrogens is 298 g/mol. The summed E-state index contributed by atoms with van der Waals surface area (Å²) < 4.78 is 16.0. The van der Waals surface area contributed by atoms with E-state index in [2.05, 4.69) is 25.1 Å². The average Bonchev–Trinajstić information content (AvgIpc) is 3.21. The van der Waals surface area contributed by atoms with E-state index < -0.39 is 0 Å². The fourth-order valence-electron chi connectivity index (χ4n) is 2.66. The van der Waals surface area contributed by atoms with Crippen LogP contribution in [0.3, 0.4) is 0 Å². The number of hydrogen-bond acceptors (Lipinski definition) is 8. The Labute approximate surface area is 135 Å². The molecule has 1 atom stereocenters. The summed E-state index contributed by atoms with van der Waals surface area (Å²) in [6.07, 6.45) is 1.55. The van der Waals surface area contributed by atoms with Crippen LogP contribution in [0.5, 0.6) is 0 Å². The monoisotopic (exact) mass is 321 g/mol. The molecule has 3 rings (SSSR count).